The van der Waals surface area contributed by atoms with Crippen molar-refractivity contribution in [3.8, 4) is 11.1 Å². The maximum absolute atomic E-state index is 12.1. The highest BCUT2D eigenvalue weighted by atomic mass is 16.7. The summed E-state index contributed by atoms with van der Waals surface area (Å²) >= 11 is 0. The minimum atomic E-state index is -1.22. The van der Waals surface area contributed by atoms with Crippen molar-refractivity contribution in [3.05, 3.63) is 59.7 Å². The molecular formula is C21H22N2O6. The van der Waals surface area contributed by atoms with Crippen molar-refractivity contribution in [2.24, 2.45) is 0 Å². The third-order valence-corrected chi connectivity index (χ3v) is 4.76. The first-order valence-electron chi connectivity index (χ1n) is 9.18. The zero-order chi connectivity index (χ0) is 21.0. The number of rotatable bonds is 7. The van der Waals surface area contributed by atoms with Crippen molar-refractivity contribution in [2.45, 2.75) is 31.9 Å². The van der Waals surface area contributed by atoms with E-state index in [-0.39, 0.29) is 12.5 Å². The van der Waals surface area contributed by atoms with E-state index in [1.807, 2.05) is 54.0 Å². The summed E-state index contributed by atoms with van der Waals surface area (Å²) in [6.07, 6.45) is -1.96. The van der Waals surface area contributed by atoms with Crippen LogP contribution in [-0.2, 0) is 19.2 Å². The van der Waals surface area contributed by atoms with Crippen LogP contribution in [0.4, 0.5) is 4.79 Å². The van der Waals surface area contributed by atoms with Crippen molar-refractivity contribution in [1.29, 1.82) is 0 Å². The van der Waals surface area contributed by atoms with Gasteiger partial charge in [-0.2, -0.15) is 0 Å². The van der Waals surface area contributed by atoms with Crippen LogP contribution < -0.4 is 10.8 Å². The predicted octanol–water partition coefficient (Wildman–Crippen LogP) is 2.43. The molecule has 0 heterocycles. The summed E-state index contributed by atoms with van der Waals surface area (Å²) in [6.45, 7) is 2.83. The van der Waals surface area contributed by atoms with Crippen molar-refractivity contribution < 1.29 is 29.1 Å². The fraction of sp³-hybridized carbons (Fsp3) is 0.286. The second-order valence-corrected chi connectivity index (χ2v) is 6.76. The van der Waals surface area contributed by atoms with E-state index < -0.39 is 30.1 Å². The number of ether oxygens (including phenoxy) is 1. The molecule has 0 radical (unpaired) electrons. The molecular weight excluding hydrogens is 376 g/mol. The minimum absolute atomic E-state index is 0.0861. The monoisotopic (exact) mass is 398 g/mol. The van der Waals surface area contributed by atoms with Crippen LogP contribution >= 0.6 is 0 Å². The van der Waals surface area contributed by atoms with Crippen LogP contribution in [0.3, 0.4) is 0 Å². The average molecular weight is 398 g/mol. The SMILES string of the molecule is CC(ONC(=O)[C@@H](C)NC(=O)OCC1c2ccccc2-c2ccccc21)C(=O)O. The average Bonchev–Trinajstić information content (AvgIpc) is 3.04. The summed E-state index contributed by atoms with van der Waals surface area (Å²) in [5, 5.41) is 11.1. The van der Waals surface area contributed by atoms with E-state index >= 15 is 0 Å². The molecule has 29 heavy (non-hydrogen) atoms. The van der Waals surface area contributed by atoms with Crippen molar-refractivity contribution >= 4 is 18.0 Å². The van der Waals surface area contributed by atoms with Crippen LogP contribution in [0.5, 0.6) is 0 Å². The smallest absolute Gasteiger partial charge is 0.407 e. The van der Waals surface area contributed by atoms with Gasteiger partial charge in [-0.05, 0) is 36.1 Å². The summed E-state index contributed by atoms with van der Waals surface area (Å²) < 4.78 is 5.36. The molecule has 0 aliphatic heterocycles. The quantitative estimate of drug-likeness (QED) is 0.617. The largest absolute Gasteiger partial charge is 0.479 e. The number of hydroxylamine groups is 1. The zero-order valence-corrected chi connectivity index (χ0v) is 16.0. The van der Waals surface area contributed by atoms with Crippen LogP contribution in [0.1, 0.15) is 30.9 Å². The molecule has 2 amide bonds. The summed E-state index contributed by atoms with van der Waals surface area (Å²) in [4.78, 5) is 39.4. The number of hydrogen-bond acceptors (Lipinski definition) is 5. The number of carboxylic acid groups (broad SMARTS) is 1. The molecule has 0 saturated carbocycles. The standard InChI is InChI=1S/C21H22N2O6/c1-12(19(24)23-29-13(2)20(25)26)22-21(27)28-11-18-16-9-5-3-7-14(16)15-8-4-6-10-17(15)18/h3-10,12-13,18H,11H2,1-2H3,(H,22,27)(H,23,24)(H,25,26)/t12-,13?/m1/s1. The first kappa shape index (κ1) is 20.3. The molecule has 0 spiro atoms. The Hall–Kier alpha value is -3.39. The molecule has 0 saturated heterocycles. The molecule has 3 rings (SSSR count). The highest BCUT2D eigenvalue weighted by Gasteiger charge is 2.29. The Morgan fingerprint density at radius 2 is 1.55 bits per heavy atom. The number of hydrogen-bond donors (Lipinski definition) is 3. The highest BCUT2D eigenvalue weighted by molar-refractivity contribution is 5.85. The lowest BCUT2D eigenvalue weighted by molar-refractivity contribution is -0.159. The van der Waals surface area contributed by atoms with Crippen LogP contribution in [0.15, 0.2) is 48.5 Å². The lowest BCUT2D eigenvalue weighted by Gasteiger charge is -2.17. The van der Waals surface area contributed by atoms with Gasteiger partial charge in [0.05, 0.1) is 0 Å². The second-order valence-electron chi connectivity index (χ2n) is 6.76. The highest BCUT2D eigenvalue weighted by Crippen LogP contribution is 2.44. The zero-order valence-electron chi connectivity index (χ0n) is 16.0. The number of nitrogens with one attached hydrogen (secondary N) is 2. The molecule has 1 aliphatic rings. The molecule has 3 N–H and O–H groups in total. The van der Waals surface area contributed by atoms with Gasteiger partial charge in [-0.15, -0.1) is 0 Å². The number of benzene rings is 2. The lowest BCUT2D eigenvalue weighted by atomic mass is 9.98. The molecule has 2 aromatic rings. The molecule has 0 aromatic heterocycles. The summed E-state index contributed by atoms with van der Waals surface area (Å²) in [6, 6.07) is 15.0. The number of carbonyl (C=O) groups is 3. The minimum Gasteiger partial charge on any atom is -0.479 e. The Morgan fingerprint density at radius 3 is 2.10 bits per heavy atom. The van der Waals surface area contributed by atoms with Gasteiger partial charge in [0.15, 0.2) is 6.10 Å². The van der Waals surface area contributed by atoms with E-state index in [9.17, 15) is 14.4 Å². The summed E-state index contributed by atoms with van der Waals surface area (Å²) in [7, 11) is 0. The van der Waals surface area contributed by atoms with Crippen LogP contribution in [0.25, 0.3) is 11.1 Å². The molecule has 2 aromatic carbocycles. The van der Waals surface area contributed by atoms with E-state index in [2.05, 4.69) is 5.32 Å². The molecule has 0 fully saturated rings. The maximum atomic E-state index is 12.1. The van der Waals surface area contributed by atoms with Gasteiger partial charge in [0.25, 0.3) is 5.91 Å². The second kappa shape index (κ2) is 8.74. The van der Waals surface area contributed by atoms with Gasteiger partial charge in [0.1, 0.15) is 12.6 Å². The first-order chi connectivity index (χ1) is 13.9. The number of amides is 2. The Balaban J connectivity index is 1.56. The number of alkyl carbamates (subject to hydrolysis) is 1. The van der Waals surface area contributed by atoms with E-state index in [0.29, 0.717) is 0 Å². The molecule has 2 atom stereocenters. The third-order valence-electron chi connectivity index (χ3n) is 4.76. The third kappa shape index (κ3) is 4.55. The van der Waals surface area contributed by atoms with Crippen molar-refractivity contribution in [1.82, 2.24) is 10.8 Å². The van der Waals surface area contributed by atoms with Crippen LogP contribution in [-0.4, -0.2) is 41.8 Å². The number of fused-ring (bicyclic) bond motifs is 3. The van der Waals surface area contributed by atoms with Gasteiger partial charge in [-0.25, -0.2) is 15.1 Å². The molecule has 8 heteroatoms. The van der Waals surface area contributed by atoms with E-state index in [1.165, 1.54) is 13.8 Å². The Kier molecular flexibility index (Phi) is 6.13. The maximum Gasteiger partial charge on any atom is 0.407 e. The number of carbonyl (C=O) groups excluding carboxylic acids is 2. The van der Waals surface area contributed by atoms with E-state index in [0.717, 1.165) is 22.3 Å². The molecule has 1 unspecified atom stereocenters. The van der Waals surface area contributed by atoms with Gasteiger partial charge in [0, 0.05) is 5.92 Å². The summed E-state index contributed by atoms with van der Waals surface area (Å²) in [5.74, 6) is -1.99. The molecule has 1 aliphatic carbocycles. The van der Waals surface area contributed by atoms with Gasteiger partial charge in [0.2, 0.25) is 0 Å². The normalized spacial score (nSPS) is 14.3. The van der Waals surface area contributed by atoms with Crippen LogP contribution in [0, 0.1) is 0 Å². The molecule has 8 nitrogen and oxygen atoms in total. The fourth-order valence-electron chi connectivity index (χ4n) is 3.17. The van der Waals surface area contributed by atoms with Crippen molar-refractivity contribution in [3.63, 3.8) is 0 Å². The number of aliphatic carboxylic acids is 1. The number of carboxylic acids is 1. The van der Waals surface area contributed by atoms with E-state index in [4.69, 9.17) is 14.7 Å². The fourth-order valence-corrected chi connectivity index (χ4v) is 3.17. The van der Waals surface area contributed by atoms with Gasteiger partial charge < -0.3 is 15.2 Å². The van der Waals surface area contributed by atoms with Gasteiger partial charge >= 0.3 is 12.1 Å². The van der Waals surface area contributed by atoms with Gasteiger partial charge in [-0.1, -0.05) is 48.5 Å². The van der Waals surface area contributed by atoms with Crippen LogP contribution in [0.2, 0.25) is 0 Å². The Morgan fingerprint density at radius 1 is 1.00 bits per heavy atom. The Bertz CT molecular complexity index is 883. The van der Waals surface area contributed by atoms with E-state index in [1.54, 1.807) is 0 Å². The van der Waals surface area contributed by atoms with Gasteiger partial charge in [-0.3, -0.25) is 9.63 Å². The van der Waals surface area contributed by atoms with Crippen molar-refractivity contribution in [2.75, 3.05) is 6.61 Å². The first-order valence-corrected chi connectivity index (χ1v) is 9.18. The topological polar surface area (TPSA) is 114 Å². The predicted molar refractivity (Wildman–Crippen MR) is 104 cm³/mol. The molecule has 0 bridgehead atoms. The Labute approximate surface area is 167 Å². The summed E-state index contributed by atoms with van der Waals surface area (Å²) in [5.41, 5.74) is 6.41. The lowest BCUT2D eigenvalue weighted by Crippen LogP contribution is -2.46. The molecule has 152 valence electrons.